The molecule has 1 aromatic rings. The van der Waals surface area contributed by atoms with Crippen LogP contribution in [0.4, 0.5) is 5.69 Å². The number of fused-ring (bicyclic) bond motifs is 1. The van der Waals surface area contributed by atoms with E-state index in [1.807, 2.05) is 6.07 Å². The standard InChI is InChI=1S/C13H10BrN3O3/c14-8-3-1-4-9-11(8)12(19)13(20)17(9)7-10(18)16-6-2-5-15/h1,3-4H,2,6-7H2,(H,16,18). The lowest BCUT2D eigenvalue weighted by atomic mass is 10.1. The number of hydrogen-bond acceptors (Lipinski definition) is 4. The Kier molecular flexibility index (Phi) is 4.15. The van der Waals surface area contributed by atoms with Gasteiger partial charge < -0.3 is 5.32 Å². The molecular formula is C13H10BrN3O3. The molecule has 0 aliphatic carbocycles. The molecule has 1 aliphatic rings. The summed E-state index contributed by atoms with van der Waals surface area (Å²) in [6.07, 6.45) is 0.195. The fourth-order valence-corrected chi connectivity index (χ4v) is 2.45. The number of nitrogens with zero attached hydrogens (tertiary/aromatic N) is 2. The number of Topliss-reactive ketones (excluding diaryl/α,β-unsaturated/α-hetero) is 1. The number of benzene rings is 1. The van der Waals surface area contributed by atoms with Crippen LogP contribution < -0.4 is 10.2 Å². The molecule has 1 N–H and O–H groups in total. The quantitative estimate of drug-likeness (QED) is 0.656. The van der Waals surface area contributed by atoms with Crippen molar-refractivity contribution < 1.29 is 14.4 Å². The van der Waals surface area contributed by atoms with Crippen molar-refractivity contribution in [2.24, 2.45) is 0 Å². The van der Waals surface area contributed by atoms with Gasteiger partial charge in [-0.2, -0.15) is 5.26 Å². The van der Waals surface area contributed by atoms with Crippen molar-refractivity contribution >= 4 is 39.2 Å². The lowest BCUT2D eigenvalue weighted by Crippen LogP contribution is -2.40. The van der Waals surface area contributed by atoms with Crippen molar-refractivity contribution in [1.82, 2.24) is 5.32 Å². The molecule has 6 nitrogen and oxygen atoms in total. The number of nitrogens with one attached hydrogen (secondary N) is 1. The molecule has 1 aromatic carbocycles. The first-order valence-corrected chi connectivity index (χ1v) is 6.64. The van der Waals surface area contributed by atoms with Crippen molar-refractivity contribution in [2.75, 3.05) is 18.0 Å². The molecule has 0 aromatic heterocycles. The van der Waals surface area contributed by atoms with Crippen LogP contribution in [0.15, 0.2) is 22.7 Å². The number of ketones is 1. The lowest BCUT2D eigenvalue weighted by Gasteiger charge is -2.15. The third-order valence-electron chi connectivity index (χ3n) is 2.81. The van der Waals surface area contributed by atoms with Crippen LogP contribution in [-0.4, -0.2) is 30.7 Å². The van der Waals surface area contributed by atoms with E-state index in [1.165, 1.54) is 0 Å². The van der Waals surface area contributed by atoms with Crippen molar-refractivity contribution in [3.63, 3.8) is 0 Å². The maximum atomic E-state index is 11.9. The highest BCUT2D eigenvalue weighted by molar-refractivity contribution is 9.10. The highest BCUT2D eigenvalue weighted by atomic mass is 79.9. The van der Waals surface area contributed by atoms with Gasteiger partial charge in [-0.1, -0.05) is 6.07 Å². The molecule has 102 valence electrons. The molecular weight excluding hydrogens is 326 g/mol. The second-order valence-electron chi connectivity index (χ2n) is 4.11. The summed E-state index contributed by atoms with van der Waals surface area (Å²) >= 11 is 3.22. The summed E-state index contributed by atoms with van der Waals surface area (Å²) in [6, 6.07) is 6.87. The summed E-state index contributed by atoms with van der Waals surface area (Å²) in [5, 5.41) is 10.9. The molecule has 0 fully saturated rings. The summed E-state index contributed by atoms with van der Waals surface area (Å²) < 4.78 is 0.528. The van der Waals surface area contributed by atoms with Gasteiger partial charge in [0.05, 0.1) is 23.7 Å². The number of anilines is 1. The van der Waals surface area contributed by atoms with E-state index in [1.54, 1.807) is 18.2 Å². The number of halogens is 1. The van der Waals surface area contributed by atoms with Gasteiger partial charge in [0.2, 0.25) is 5.91 Å². The predicted octanol–water partition coefficient (Wildman–Crippen LogP) is 1.01. The molecule has 20 heavy (non-hydrogen) atoms. The van der Waals surface area contributed by atoms with Crippen LogP contribution in [0.25, 0.3) is 0 Å². The third kappa shape index (κ3) is 2.56. The van der Waals surface area contributed by atoms with E-state index in [0.717, 1.165) is 4.90 Å². The maximum Gasteiger partial charge on any atom is 0.299 e. The van der Waals surface area contributed by atoms with Crippen molar-refractivity contribution in [3.05, 3.63) is 28.2 Å². The molecule has 0 atom stereocenters. The second kappa shape index (κ2) is 5.84. The van der Waals surface area contributed by atoms with Crippen molar-refractivity contribution in [1.29, 1.82) is 5.26 Å². The Morgan fingerprint density at radius 2 is 2.15 bits per heavy atom. The van der Waals surface area contributed by atoms with Crippen molar-refractivity contribution in [2.45, 2.75) is 6.42 Å². The normalized spacial score (nSPS) is 13.1. The Hall–Kier alpha value is -2.20. The van der Waals surface area contributed by atoms with Gasteiger partial charge in [-0.15, -0.1) is 0 Å². The molecule has 0 radical (unpaired) electrons. The fraction of sp³-hybridized carbons (Fsp3) is 0.231. The molecule has 1 heterocycles. The summed E-state index contributed by atoms with van der Waals surface area (Å²) in [6.45, 7) is -0.0178. The van der Waals surface area contributed by atoms with Gasteiger partial charge in [-0.25, -0.2) is 0 Å². The highest BCUT2D eigenvalue weighted by Crippen LogP contribution is 2.33. The zero-order chi connectivity index (χ0) is 14.7. The summed E-state index contributed by atoms with van der Waals surface area (Å²) in [5.41, 5.74) is 0.701. The van der Waals surface area contributed by atoms with E-state index in [-0.39, 0.29) is 25.1 Å². The fourth-order valence-electron chi connectivity index (χ4n) is 1.92. The zero-order valence-corrected chi connectivity index (χ0v) is 11.9. The van der Waals surface area contributed by atoms with Gasteiger partial charge in [0.25, 0.3) is 11.7 Å². The van der Waals surface area contributed by atoms with E-state index in [9.17, 15) is 14.4 Å². The average molecular weight is 336 g/mol. The monoisotopic (exact) mass is 335 g/mol. The SMILES string of the molecule is N#CCCNC(=O)CN1C(=O)C(=O)c2c(Br)cccc21. The lowest BCUT2D eigenvalue weighted by molar-refractivity contribution is -0.122. The van der Waals surface area contributed by atoms with Crippen LogP contribution in [0.5, 0.6) is 0 Å². The summed E-state index contributed by atoms with van der Waals surface area (Å²) in [5.74, 6) is -1.76. The Morgan fingerprint density at radius 1 is 1.40 bits per heavy atom. The summed E-state index contributed by atoms with van der Waals surface area (Å²) in [7, 11) is 0. The number of carbonyl (C=O) groups excluding carboxylic acids is 3. The zero-order valence-electron chi connectivity index (χ0n) is 10.4. The Labute approximate surface area is 123 Å². The number of carbonyl (C=O) groups is 3. The largest absolute Gasteiger partial charge is 0.354 e. The third-order valence-corrected chi connectivity index (χ3v) is 3.47. The molecule has 1 aliphatic heterocycles. The molecule has 0 unspecified atom stereocenters. The van der Waals surface area contributed by atoms with E-state index >= 15 is 0 Å². The molecule has 0 bridgehead atoms. The Bertz CT molecular complexity index is 636. The first-order valence-electron chi connectivity index (χ1n) is 5.84. The van der Waals surface area contributed by atoms with Crippen LogP contribution in [0.1, 0.15) is 16.8 Å². The minimum Gasteiger partial charge on any atom is -0.354 e. The first-order chi connectivity index (χ1) is 9.56. The summed E-state index contributed by atoms with van der Waals surface area (Å²) in [4.78, 5) is 36.6. The molecule has 0 saturated carbocycles. The van der Waals surface area contributed by atoms with Crippen LogP contribution in [0.3, 0.4) is 0 Å². The van der Waals surface area contributed by atoms with Gasteiger partial charge in [-0.05, 0) is 28.1 Å². The first kappa shape index (κ1) is 14.2. The minimum atomic E-state index is -0.720. The number of amides is 2. The molecule has 0 saturated heterocycles. The van der Waals surface area contributed by atoms with Gasteiger partial charge in [0.15, 0.2) is 0 Å². The molecule has 0 spiro atoms. The second-order valence-corrected chi connectivity index (χ2v) is 4.97. The Morgan fingerprint density at radius 3 is 2.85 bits per heavy atom. The van der Waals surface area contributed by atoms with Gasteiger partial charge >= 0.3 is 0 Å². The molecule has 2 amide bonds. The van der Waals surface area contributed by atoms with Gasteiger partial charge in [0, 0.05) is 11.0 Å². The van der Waals surface area contributed by atoms with Crippen molar-refractivity contribution in [3.8, 4) is 6.07 Å². The van der Waals surface area contributed by atoms with Crippen LogP contribution in [0, 0.1) is 11.3 Å². The van der Waals surface area contributed by atoms with E-state index < -0.39 is 17.6 Å². The number of rotatable bonds is 4. The molecule has 7 heteroatoms. The van der Waals surface area contributed by atoms with E-state index in [2.05, 4.69) is 21.2 Å². The highest BCUT2D eigenvalue weighted by Gasteiger charge is 2.38. The Balaban J connectivity index is 2.17. The van der Waals surface area contributed by atoms with Crippen LogP contribution in [-0.2, 0) is 9.59 Å². The van der Waals surface area contributed by atoms with E-state index in [0.29, 0.717) is 10.2 Å². The van der Waals surface area contributed by atoms with Gasteiger partial charge in [-0.3, -0.25) is 19.3 Å². The van der Waals surface area contributed by atoms with Crippen LogP contribution >= 0.6 is 15.9 Å². The maximum absolute atomic E-state index is 11.9. The predicted molar refractivity (Wildman–Crippen MR) is 74.1 cm³/mol. The van der Waals surface area contributed by atoms with Gasteiger partial charge in [0.1, 0.15) is 6.54 Å². The van der Waals surface area contributed by atoms with Crippen LogP contribution in [0.2, 0.25) is 0 Å². The molecule has 2 rings (SSSR count). The van der Waals surface area contributed by atoms with E-state index in [4.69, 9.17) is 5.26 Å². The number of nitriles is 1. The topological polar surface area (TPSA) is 90.3 Å². The number of hydrogen-bond donors (Lipinski definition) is 1. The average Bonchev–Trinajstić information content (AvgIpc) is 2.65. The smallest absolute Gasteiger partial charge is 0.299 e. The minimum absolute atomic E-state index is 0.195.